The number of rotatable bonds is 3. The van der Waals surface area contributed by atoms with Crippen LogP contribution in [0.25, 0.3) is 0 Å². The van der Waals surface area contributed by atoms with E-state index in [4.69, 9.17) is 0 Å². The van der Waals surface area contributed by atoms with E-state index in [0.717, 1.165) is 24.3 Å². The Balaban J connectivity index is 2.16. The molecule has 3 atom stereocenters. The maximum absolute atomic E-state index is 3.75. The van der Waals surface area contributed by atoms with Crippen LogP contribution in [0, 0.1) is 17.8 Å². The van der Waals surface area contributed by atoms with Crippen LogP contribution in [0.3, 0.4) is 0 Å². The normalized spacial score (nSPS) is 28.9. The van der Waals surface area contributed by atoms with Gasteiger partial charge >= 0.3 is 0 Å². The minimum atomic E-state index is 0.682. The van der Waals surface area contributed by atoms with Crippen molar-refractivity contribution in [3.63, 3.8) is 0 Å². The molecule has 1 saturated heterocycles. The van der Waals surface area contributed by atoms with Crippen molar-refractivity contribution in [1.82, 2.24) is 5.32 Å². The van der Waals surface area contributed by atoms with Crippen molar-refractivity contribution in [3.05, 3.63) is 35.9 Å². The molecule has 1 N–H and O–H groups in total. The summed E-state index contributed by atoms with van der Waals surface area (Å²) >= 11 is 0. The highest BCUT2D eigenvalue weighted by atomic mass is 14.9. The van der Waals surface area contributed by atoms with Crippen molar-refractivity contribution in [2.24, 2.45) is 17.8 Å². The van der Waals surface area contributed by atoms with Crippen LogP contribution in [0.4, 0.5) is 0 Å². The van der Waals surface area contributed by atoms with Crippen LogP contribution in [0.2, 0.25) is 0 Å². The minimum Gasteiger partial charge on any atom is -0.313 e. The van der Waals surface area contributed by atoms with Gasteiger partial charge < -0.3 is 5.32 Å². The lowest BCUT2D eigenvalue weighted by Crippen LogP contribution is -2.46. The fraction of sp³-hybridized carbons (Fsp3) is 0.647. The van der Waals surface area contributed by atoms with Gasteiger partial charge in [0.15, 0.2) is 0 Å². The summed E-state index contributed by atoms with van der Waals surface area (Å²) in [4.78, 5) is 0. The molecule has 1 heteroatoms. The fourth-order valence-electron chi connectivity index (χ4n) is 3.28. The van der Waals surface area contributed by atoms with Gasteiger partial charge in [-0.3, -0.25) is 0 Å². The lowest BCUT2D eigenvalue weighted by Gasteiger charge is -2.41. The Bertz CT molecular complexity index is 355. The Morgan fingerprint density at radius 1 is 1.00 bits per heavy atom. The average molecular weight is 245 g/mol. The van der Waals surface area contributed by atoms with Crippen LogP contribution in [0.15, 0.2) is 30.3 Å². The van der Waals surface area contributed by atoms with Gasteiger partial charge in [0, 0.05) is 12.6 Å². The summed E-state index contributed by atoms with van der Waals surface area (Å²) in [5.74, 6) is 2.99. The van der Waals surface area contributed by atoms with Gasteiger partial charge in [-0.05, 0) is 35.7 Å². The summed E-state index contributed by atoms with van der Waals surface area (Å²) in [6.07, 6.45) is 1.31. The zero-order valence-electron chi connectivity index (χ0n) is 12.2. The quantitative estimate of drug-likeness (QED) is 0.847. The molecule has 0 spiro atoms. The molecule has 1 aliphatic heterocycles. The first-order valence-corrected chi connectivity index (χ1v) is 7.38. The van der Waals surface area contributed by atoms with E-state index >= 15 is 0 Å². The van der Waals surface area contributed by atoms with E-state index in [-0.39, 0.29) is 0 Å². The van der Waals surface area contributed by atoms with Crippen molar-refractivity contribution in [2.45, 2.75) is 46.1 Å². The molecule has 0 saturated carbocycles. The molecular weight excluding hydrogens is 218 g/mol. The van der Waals surface area contributed by atoms with Gasteiger partial charge in [-0.2, -0.15) is 0 Å². The third kappa shape index (κ3) is 2.95. The van der Waals surface area contributed by atoms with E-state index in [1.807, 2.05) is 0 Å². The van der Waals surface area contributed by atoms with Crippen LogP contribution in [-0.4, -0.2) is 12.6 Å². The van der Waals surface area contributed by atoms with E-state index in [2.05, 4.69) is 63.3 Å². The predicted molar refractivity (Wildman–Crippen MR) is 78.8 cm³/mol. The molecule has 2 rings (SSSR count). The third-order valence-electron chi connectivity index (χ3n) is 4.53. The van der Waals surface area contributed by atoms with Crippen molar-refractivity contribution in [2.75, 3.05) is 6.54 Å². The van der Waals surface area contributed by atoms with Gasteiger partial charge in [0.1, 0.15) is 0 Å². The zero-order chi connectivity index (χ0) is 13.1. The summed E-state index contributed by atoms with van der Waals surface area (Å²) in [5.41, 5.74) is 1.51. The highest BCUT2D eigenvalue weighted by Crippen LogP contribution is 2.37. The van der Waals surface area contributed by atoms with E-state index in [9.17, 15) is 0 Å². The standard InChI is InChI=1S/C17H27N/c1-12(2)15-10-17(13(3)4)18-11-16(15)14-8-6-5-7-9-14/h5-9,12-13,15-18H,10-11H2,1-4H3. The highest BCUT2D eigenvalue weighted by molar-refractivity contribution is 5.22. The van der Waals surface area contributed by atoms with Crippen molar-refractivity contribution >= 4 is 0 Å². The summed E-state index contributed by atoms with van der Waals surface area (Å²) in [6, 6.07) is 11.7. The summed E-state index contributed by atoms with van der Waals surface area (Å²) < 4.78 is 0. The Morgan fingerprint density at radius 2 is 1.67 bits per heavy atom. The van der Waals surface area contributed by atoms with Gasteiger partial charge in [-0.25, -0.2) is 0 Å². The van der Waals surface area contributed by atoms with E-state index in [0.29, 0.717) is 12.0 Å². The van der Waals surface area contributed by atoms with Crippen molar-refractivity contribution in [3.8, 4) is 0 Å². The fourth-order valence-corrected chi connectivity index (χ4v) is 3.28. The molecule has 100 valence electrons. The van der Waals surface area contributed by atoms with Gasteiger partial charge in [-0.15, -0.1) is 0 Å². The van der Waals surface area contributed by atoms with Gasteiger partial charge in [0.05, 0.1) is 0 Å². The maximum Gasteiger partial charge on any atom is 0.00932 e. The van der Waals surface area contributed by atoms with Gasteiger partial charge in [-0.1, -0.05) is 58.0 Å². The van der Waals surface area contributed by atoms with Crippen LogP contribution < -0.4 is 5.32 Å². The molecule has 0 aliphatic carbocycles. The van der Waals surface area contributed by atoms with Crippen LogP contribution in [0.5, 0.6) is 0 Å². The molecule has 1 heterocycles. The largest absolute Gasteiger partial charge is 0.313 e. The lowest BCUT2D eigenvalue weighted by atomic mass is 9.72. The molecule has 1 aromatic rings. The highest BCUT2D eigenvalue weighted by Gasteiger charge is 2.33. The SMILES string of the molecule is CC(C)C1CC(C(C)C)C(c2ccccc2)CN1. The molecule has 3 unspecified atom stereocenters. The monoisotopic (exact) mass is 245 g/mol. The third-order valence-corrected chi connectivity index (χ3v) is 4.53. The Morgan fingerprint density at radius 3 is 2.22 bits per heavy atom. The zero-order valence-corrected chi connectivity index (χ0v) is 12.2. The lowest BCUT2D eigenvalue weighted by molar-refractivity contribution is 0.183. The second-order valence-corrected chi connectivity index (χ2v) is 6.42. The first-order chi connectivity index (χ1) is 8.59. The molecule has 0 amide bonds. The maximum atomic E-state index is 3.75. The summed E-state index contributed by atoms with van der Waals surface area (Å²) in [6.45, 7) is 10.6. The number of hydrogen-bond acceptors (Lipinski definition) is 1. The second-order valence-electron chi connectivity index (χ2n) is 6.42. The molecule has 0 aromatic heterocycles. The van der Waals surface area contributed by atoms with E-state index in [1.165, 1.54) is 12.0 Å². The van der Waals surface area contributed by atoms with Crippen molar-refractivity contribution in [1.29, 1.82) is 0 Å². The molecular formula is C17H27N. The number of benzene rings is 1. The molecule has 18 heavy (non-hydrogen) atoms. The second kappa shape index (κ2) is 5.88. The number of nitrogens with one attached hydrogen (secondary N) is 1. The Kier molecular flexibility index (Phi) is 4.45. The molecule has 1 aliphatic rings. The minimum absolute atomic E-state index is 0.682. The Hall–Kier alpha value is -0.820. The summed E-state index contributed by atoms with van der Waals surface area (Å²) in [7, 11) is 0. The van der Waals surface area contributed by atoms with E-state index in [1.54, 1.807) is 0 Å². The van der Waals surface area contributed by atoms with Crippen LogP contribution >= 0.6 is 0 Å². The first-order valence-electron chi connectivity index (χ1n) is 7.38. The molecule has 0 bridgehead atoms. The molecule has 1 nitrogen and oxygen atoms in total. The van der Waals surface area contributed by atoms with Crippen LogP contribution in [0.1, 0.15) is 45.6 Å². The number of piperidine rings is 1. The van der Waals surface area contributed by atoms with Gasteiger partial charge in [0.2, 0.25) is 0 Å². The molecule has 1 fully saturated rings. The van der Waals surface area contributed by atoms with Crippen molar-refractivity contribution < 1.29 is 0 Å². The van der Waals surface area contributed by atoms with Gasteiger partial charge in [0.25, 0.3) is 0 Å². The molecule has 1 aromatic carbocycles. The summed E-state index contributed by atoms with van der Waals surface area (Å²) in [5, 5.41) is 3.75. The average Bonchev–Trinajstić information content (AvgIpc) is 2.39. The predicted octanol–water partition coefficient (Wildman–Crippen LogP) is 4.06. The van der Waals surface area contributed by atoms with Crippen LogP contribution in [-0.2, 0) is 0 Å². The smallest absolute Gasteiger partial charge is 0.00932 e. The first kappa shape index (κ1) is 13.6. The number of hydrogen-bond donors (Lipinski definition) is 1. The molecule has 0 radical (unpaired) electrons. The Labute approximate surface area is 112 Å². The topological polar surface area (TPSA) is 12.0 Å². The van der Waals surface area contributed by atoms with E-state index < -0.39 is 0 Å².